The zero-order valence-electron chi connectivity index (χ0n) is 18.6. The molecule has 0 aliphatic carbocycles. The molecule has 2 heterocycles. The van der Waals surface area contributed by atoms with Crippen LogP contribution in [-0.2, 0) is 6.18 Å². The van der Waals surface area contributed by atoms with Crippen molar-refractivity contribution in [2.45, 2.75) is 6.18 Å². The molecule has 10 nitrogen and oxygen atoms in total. The summed E-state index contributed by atoms with van der Waals surface area (Å²) >= 11 is 5.69. The minimum atomic E-state index is -4.62. The van der Waals surface area contributed by atoms with Crippen LogP contribution in [0.3, 0.4) is 0 Å². The van der Waals surface area contributed by atoms with Gasteiger partial charge in [-0.15, -0.1) is 0 Å². The highest BCUT2D eigenvalue weighted by molar-refractivity contribution is 6.31. The fourth-order valence-corrected chi connectivity index (χ4v) is 3.39. The highest BCUT2D eigenvalue weighted by Gasteiger charge is 2.33. The predicted molar refractivity (Wildman–Crippen MR) is 127 cm³/mol. The summed E-state index contributed by atoms with van der Waals surface area (Å²) in [5.41, 5.74) is 2.91. The summed E-state index contributed by atoms with van der Waals surface area (Å²) in [6, 6.07) is 6.50. The molecule has 0 bridgehead atoms. The average Bonchev–Trinajstić information content (AvgIpc) is 2.85. The van der Waals surface area contributed by atoms with Crippen LogP contribution in [0.1, 0.15) is 11.1 Å². The molecule has 0 aliphatic heterocycles. The Balaban J connectivity index is 1.62. The number of aromatic nitrogens is 4. The van der Waals surface area contributed by atoms with Crippen LogP contribution in [0, 0.1) is 0 Å². The van der Waals surface area contributed by atoms with E-state index in [4.69, 9.17) is 21.1 Å². The van der Waals surface area contributed by atoms with Crippen molar-refractivity contribution in [3.63, 3.8) is 0 Å². The van der Waals surface area contributed by atoms with Crippen molar-refractivity contribution in [2.24, 2.45) is 5.10 Å². The summed E-state index contributed by atoms with van der Waals surface area (Å²) < 4.78 is 49.9. The smallest absolute Gasteiger partial charge is 0.417 e. The number of rotatable bonds is 7. The molecule has 186 valence electrons. The molecule has 0 saturated carbocycles. The Morgan fingerprint density at radius 2 is 1.56 bits per heavy atom. The maximum Gasteiger partial charge on any atom is 0.417 e. The van der Waals surface area contributed by atoms with Gasteiger partial charge in [-0.3, -0.25) is 5.43 Å². The number of alkyl halides is 3. The number of nitrogens with zero attached hydrogens (tertiary/aromatic N) is 5. The van der Waals surface area contributed by atoms with Gasteiger partial charge >= 0.3 is 6.18 Å². The Labute approximate surface area is 206 Å². The Morgan fingerprint density at radius 1 is 0.944 bits per heavy atom. The number of ether oxygens (including phenoxy) is 2. The van der Waals surface area contributed by atoms with Gasteiger partial charge in [0.25, 0.3) is 0 Å². The molecular formula is C22H17ClF3N7O3. The highest BCUT2D eigenvalue weighted by Crippen LogP contribution is 2.38. The van der Waals surface area contributed by atoms with Gasteiger partial charge in [0, 0.05) is 11.3 Å². The first-order chi connectivity index (χ1) is 17.2. The normalized spacial score (nSPS) is 11.6. The Morgan fingerprint density at radius 3 is 2.17 bits per heavy atom. The fourth-order valence-electron chi connectivity index (χ4n) is 3.17. The molecule has 4 aromatic rings. The van der Waals surface area contributed by atoms with E-state index in [1.54, 1.807) is 12.1 Å². The SMILES string of the molecule is COc1cc(/C=N/Nc2ncnc3c(Nc4ccc(Cl)c(C(F)(F)F)c4)ncnc23)cc(OC)c1O. The monoisotopic (exact) mass is 519 g/mol. The van der Waals surface area contributed by atoms with E-state index in [0.29, 0.717) is 5.56 Å². The zero-order chi connectivity index (χ0) is 25.9. The number of hydrazone groups is 1. The second-order valence-electron chi connectivity index (χ2n) is 7.10. The van der Waals surface area contributed by atoms with E-state index in [2.05, 4.69) is 35.8 Å². The first-order valence-electron chi connectivity index (χ1n) is 10.0. The maximum absolute atomic E-state index is 13.2. The Kier molecular flexibility index (Phi) is 6.92. The number of hydrogen-bond acceptors (Lipinski definition) is 10. The van der Waals surface area contributed by atoms with E-state index in [1.807, 2.05) is 0 Å². The third kappa shape index (κ3) is 5.15. The summed E-state index contributed by atoms with van der Waals surface area (Å²) in [6.45, 7) is 0. The number of hydrogen-bond donors (Lipinski definition) is 3. The summed E-state index contributed by atoms with van der Waals surface area (Å²) in [6.07, 6.45) is -0.750. The van der Waals surface area contributed by atoms with Gasteiger partial charge in [-0.1, -0.05) is 11.6 Å². The average molecular weight is 520 g/mol. The van der Waals surface area contributed by atoms with Gasteiger partial charge in [0.15, 0.2) is 23.1 Å². The molecule has 0 unspecified atom stereocenters. The molecule has 0 amide bonds. The fraction of sp³-hybridized carbons (Fsp3) is 0.136. The van der Waals surface area contributed by atoms with Crippen molar-refractivity contribution in [3.05, 3.63) is 59.1 Å². The lowest BCUT2D eigenvalue weighted by atomic mass is 10.2. The zero-order valence-corrected chi connectivity index (χ0v) is 19.4. The van der Waals surface area contributed by atoms with Crippen LogP contribution in [0.15, 0.2) is 48.1 Å². The molecule has 14 heteroatoms. The van der Waals surface area contributed by atoms with E-state index in [0.717, 1.165) is 12.1 Å². The van der Waals surface area contributed by atoms with Crippen molar-refractivity contribution in [3.8, 4) is 17.2 Å². The lowest BCUT2D eigenvalue weighted by Gasteiger charge is -2.13. The van der Waals surface area contributed by atoms with Gasteiger partial charge in [-0.2, -0.15) is 18.3 Å². The number of aromatic hydroxyl groups is 1. The number of benzene rings is 2. The quantitative estimate of drug-likeness (QED) is 0.228. The van der Waals surface area contributed by atoms with Crippen molar-refractivity contribution in [2.75, 3.05) is 25.0 Å². The van der Waals surface area contributed by atoms with Gasteiger partial charge in [0.2, 0.25) is 5.75 Å². The number of phenolic OH excluding ortho intramolecular Hbond substituents is 1. The lowest BCUT2D eigenvalue weighted by molar-refractivity contribution is -0.137. The van der Waals surface area contributed by atoms with Crippen LogP contribution >= 0.6 is 11.6 Å². The minimum Gasteiger partial charge on any atom is -0.502 e. The molecule has 0 aliphatic rings. The number of phenols is 1. The predicted octanol–water partition coefficient (Wildman–Crippen LogP) is 5.00. The van der Waals surface area contributed by atoms with Crippen molar-refractivity contribution >= 4 is 46.2 Å². The number of methoxy groups -OCH3 is 2. The summed E-state index contributed by atoms with van der Waals surface area (Å²) in [7, 11) is 2.81. The first kappa shape index (κ1) is 24.7. The molecule has 0 fully saturated rings. The van der Waals surface area contributed by atoms with Crippen molar-refractivity contribution in [1.29, 1.82) is 0 Å². The second kappa shape index (κ2) is 10.1. The van der Waals surface area contributed by atoms with E-state index in [-0.39, 0.29) is 45.6 Å². The largest absolute Gasteiger partial charge is 0.502 e. The molecule has 0 spiro atoms. The molecule has 36 heavy (non-hydrogen) atoms. The molecule has 0 radical (unpaired) electrons. The van der Waals surface area contributed by atoms with Gasteiger partial charge in [-0.05, 0) is 30.3 Å². The van der Waals surface area contributed by atoms with Crippen molar-refractivity contribution in [1.82, 2.24) is 19.9 Å². The highest BCUT2D eigenvalue weighted by atomic mass is 35.5. The van der Waals surface area contributed by atoms with E-state index in [1.165, 1.54) is 39.2 Å². The number of anilines is 3. The van der Waals surface area contributed by atoms with Crippen LogP contribution in [0.5, 0.6) is 17.2 Å². The molecular weight excluding hydrogens is 503 g/mol. The van der Waals surface area contributed by atoms with Gasteiger partial charge in [0.05, 0.1) is 31.0 Å². The topological polar surface area (TPSA) is 127 Å². The van der Waals surface area contributed by atoms with Crippen LogP contribution < -0.4 is 20.2 Å². The molecule has 2 aromatic carbocycles. The summed E-state index contributed by atoms with van der Waals surface area (Å²) in [4.78, 5) is 16.5. The van der Waals surface area contributed by atoms with E-state index in [9.17, 15) is 18.3 Å². The summed E-state index contributed by atoms with van der Waals surface area (Å²) in [5, 5.41) is 16.5. The van der Waals surface area contributed by atoms with E-state index >= 15 is 0 Å². The maximum atomic E-state index is 13.2. The van der Waals surface area contributed by atoms with Crippen molar-refractivity contribution < 1.29 is 27.8 Å². The molecule has 4 rings (SSSR count). The Bertz CT molecular complexity index is 1430. The number of fused-ring (bicyclic) bond motifs is 1. The number of nitrogens with one attached hydrogen (secondary N) is 2. The second-order valence-corrected chi connectivity index (χ2v) is 7.51. The number of halogens is 4. The standard InChI is InChI=1S/C22H17ClF3N7O3/c1-35-15-5-11(6-16(36-2)19(15)34)8-31-33-21-18-17(27-10-30-21)20(29-9-28-18)32-12-3-4-14(23)13(7-12)22(24,25)26/h3-10,34H,1-2H3,(H,27,30,33)(H,28,29,32)/b31-8+. The van der Waals surface area contributed by atoms with Crippen LogP contribution in [-0.4, -0.2) is 45.5 Å². The van der Waals surface area contributed by atoms with Crippen LogP contribution in [0.25, 0.3) is 11.0 Å². The lowest BCUT2D eigenvalue weighted by Crippen LogP contribution is -2.07. The van der Waals surface area contributed by atoms with Gasteiger partial charge in [0.1, 0.15) is 23.7 Å². The van der Waals surface area contributed by atoms with Gasteiger partial charge < -0.3 is 19.9 Å². The molecule has 0 saturated heterocycles. The minimum absolute atomic E-state index is 0.105. The first-order valence-corrected chi connectivity index (χ1v) is 10.4. The van der Waals surface area contributed by atoms with Crippen LogP contribution in [0.4, 0.5) is 30.5 Å². The van der Waals surface area contributed by atoms with Gasteiger partial charge in [-0.25, -0.2) is 19.9 Å². The van der Waals surface area contributed by atoms with Crippen LogP contribution in [0.2, 0.25) is 5.02 Å². The third-order valence-electron chi connectivity index (χ3n) is 4.84. The third-order valence-corrected chi connectivity index (χ3v) is 5.17. The van der Waals surface area contributed by atoms with E-state index < -0.39 is 16.8 Å². The molecule has 0 atom stereocenters. The molecule has 3 N–H and O–H groups in total. The Hall–Kier alpha value is -4.39. The molecule has 2 aromatic heterocycles. The summed E-state index contributed by atoms with van der Waals surface area (Å²) in [5.74, 6) is 0.612.